The van der Waals surface area contributed by atoms with Gasteiger partial charge < -0.3 is 14.2 Å². The molecule has 0 fully saturated rings. The Morgan fingerprint density at radius 3 is 2.93 bits per heavy atom. The van der Waals surface area contributed by atoms with E-state index in [1.54, 1.807) is 49.7 Å². The summed E-state index contributed by atoms with van der Waals surface area (Å²) in [7, 11) is 3.31. The lowest BCUT2D eigenvalue weighted by Gasteiger charge is -2.17. The summed E-state index contributed by atoms with van der Waals surface area (Å²) in [6, 6.07) is 9.64. The molecule has 0 atom stereocenters. The summed E-state index contributed by atoms with van der Waals surface area (Å²) in [5.41, 5.74) is 1.22. The van der Waals surface area contributed by atoms with Crippen molar-refractivity contribution in [2.75, 3.05) is 20.8 Å². The molecule has 0 saturated carbocycles. The molecule has 0 aliphatic heterocycles. The number of rotatable bonds is 7. The molecule has 2 aromatic heterocycles. The van der Waals surface area contributed by atoms with Crippen molar-refractivity contribution in [1.29, 1.82) is 0 Å². The molecule has 0 aliphatic rings. The van der Waals surface area contributed by atoms with Crippen molar-refractivity contribution in [3.63, 3.8) is 0 Å². The Kier molecular flexibility index (Phi) is 5.87. The average Bonchev–Trinajstić information content (AvgIpc) is 3.13. The van der Waals surface area contributed by atoms with Crippen molar-refractivity contribution in [3.8, 4) is 11.3 Å². The molecular formula is C19H20FN5O2. The van der Waals surface area contributed by atoms with Crippen LogP contribution in [-0.4, -0.2) is 51.3 Å². The maximum atomic E-state index is 14.0. The van der Waals surface area contributed by atoms with Crippen molar-refractivity contribution >= 4 is 5.91 Å². The lowest BCUT2D eigenvalue weighted by atomic mass is 10.1. The highest BCUT2D eigenvalue weighted by Crippen LogP contribution is 2.21. The second-order valence-corrected chi connectivity index (χ2v) is 6.01. The molecule has 3 rings (SSSR count). The topological polar surface area (TPSA) is 73.1 Å². The number of pyridine rings is 1. The first-order valence-corrected chi connectivity index (χ1v) is 8.42. The number of hydrogen-bond donors (Lipinski definition) is 0. The smallest absolute Gasteiger partial charge is 0.254 e. The van der Waals surface area contributed by atoms with Gasteiger partial charge in [-0.3, -0.25) is 9.78 Å². The van der Waals surface area contributed by atoms with Crippen LogP contribution < -0.4 is 0 Å². The van der Waals surface area contributed by atoms with Crippen LogP contribution in [0.1, 0.15) is 16.2 Å². The van der Waals surface area contributed by atoms with Gasteiger partial charge in [0.1, 0.15) is 17.8 Å². The van der Waals surface area contributed by atoms with Crippen LogP contribution in [0.4, 0.5) is 4.39 Å². The van der Waals surface area contributed by atoms with E-state index in [2.05, 4.69) is 15.2 Å². The first-order valence-electron chi connectivity index (χ1n) is 8.42. The normalized spacial score (nSPS) is 10.8. The first-order chi connectivity index (χ1) is 13.1. The van der Waals surface area contributed by atoms with E-state index in [1.807, 2.05) is 4.57 Å². The molecule has 1 amide bonds. The Labute approximate surface area is 156 Å². The molecule has 0 aliphatic carbocycles. The van der Waals surface area contributed by atoms with Gasteiger partial charge in [0, 0.05) is 38.0 Å². The third-order valence-electron chi connectivity index (χ3n) is 4.10. The van der Waals surface area contributed by atoms with Crippen LogP contribution >= 0.6 is 0 Å². The minimum Gasteiger partial charge on any atom is -0.383 e. The third kappa shape index (κ3) is 4.35. The van der Waals surface area contributed by atoms with Gasteiger partial charge in [-0.15, -0.1) is 10.2 Å². The maximum Gasteiger partial charge on any atom is 0.254 e. The van der Waals surface area contributed by atoms with Crippen LogP contribution in [0.25, 0.3) is 11.3 Å². The highest BCUT2D eigenvalue weighted by atomic mass is 19.1. The predicted octanol–water partition coefficient (Wildman–Crippen LogP) is 2.40. The lowest BCUT2D eigenvalue weighted by molar-refractivity contribution is 0.0779. The Morgan fingerprint density at radius 1 is 1.30 bits per heavy atom. The van der Waals surface area contributed by atoms with Gasteiger partial charge >= 0.3 is 0 Å². The van der Waals surface area contributed by atoms with Crippen LogP contribution in [0.2, 0.25) is 0 Å². The average molecular weight is 369 g/mol. The molecule has 0 saturated heterocycles. The zero-order chi connectivity index (χ0) is 19.2. The molecule has 0 unspecified atom stereocenters. The standard InChI is InChI=1S/C19H20FN5O2/c1-24(12-17-23-22-13-25(17)9-10-27-2)19(26)15-6-3-5-14(11-15)18-16(20)7-4-8-21-18/h3-8,11,13H,9-10,12H2,1-2H3. The van der Waals surface area contributed by atoms with E-state index in [-0.39, 0.29) is 11.6 Å². The molecule has 0 spiro atoms. The van der Waals surface area contributed by atoms with Crippen LogP contribution in [0.15, 0.2) is 48.9 Å². The molecule has 0 N–H and O–H groups in total. The molecule has 3 aromatic rings. The number of methoxy groups -OCH3 is 1. The monoisotopic (exact) mass is 369 g/mol. The van der Waals surface area contributed by atoms with Gasteiger partial charge in [0.25, 0.3) is 5.91 Å². The Bertz CT molecular complexity index is 928. The summed E-state index contributed by atoms with van der Waals surface area (Å²) in [5.74, 6) is 0.0333. The largest absolute Gasteiger partial charge is 0.383 e. The number of hydrogen-bond acceptors (Lipinski definition) is 5. The fourth-order valence-corrected chi connectivity index (χ4v) is 2.68. The van der Waals surface area contributed by atoms with Crippen molar-refractivity contribution in [1.82, 2.24) is 24.6 Å². The first kappa shape index (κ1) is 18.7. The highest BCUT2D eigenvalue weighted by Gasteiger charge is 2.16. The molecule has 27 heavy (non-hydrogen) atoms. The van der Waals surface area contributed by atoms with Gasteiger partial charge in [0.05, 0.1) is 13.2 Å². The van der Waals surface area contributed by atoms with Crippen molar-refractivity contribution in [3.05, 3.63) is 66.1 Å². The van der Waals surface area contributed by atoms with E-state index in [1.165, 1.54) is 18.3 Å². The van der Waals surface area contributed by atoms with Gasteiger partial charge in [-0.25, -0.2) is 4.39 Å². The van der Waals surface area contributed by atoms with E-state index in [0.717, 1.165) is 0 Å². The predicted molar refractivity (Wildman–Crippen MR) is 97.3 cm³/mol. The van der Waals surface area contributed by atoms with E-state index < -0.39 is 5.82 Å². The Balaban J connectivity index is 1.77. The van der Waals surface area contributed by atoms with Crippen LogP contribution in [0, 0.1) is 5.82 Å². The van der Waals surface area contributed by atoms with Crippen LogP contribution in [0.5, 0.6) is 0 Å². The van der Waals surface area contributed by atoms with Gasteiger partial charge in [0.2, 0.25) is 0 Å². The number of ether oxygens (including phenoxy) is 1. The number of carbonyl (C=O) groups excluding carboxylic acids is 1. The van der Waals surface area contributed by atoms with Gasteiger partial charge in [-0.1, -0.05) is 12.1 Å². The van der Waals surface area contributed by atoms with Crippen LogP contribution in [-0.2, 0) is 17.8 Å². The van der Waals surface area contributed by atoms with Crippen molar-refractivity contribution in [2.24, 2.45) is 0 Å². The summed E-state index contributed by atoms with van der Waals surface area (Å²) in [6.07, 6.45) is 3.13. The minimum absolute atomic E-state index is 0.200. The molecule has 8 heteroatoms. The van der Waals surface area contributed by atoms with Gasteiger partial charge in [-0.2, -0.15) is 0 Å². The van der Waals surface area contributed by atoms with Gasteiger partial charge in [0.15, 0.2) is 5.82 Å². The summed E-state index contributed by atoms with van der Waals surface area (Å²) in [6.45, 7) is 1.43. The summed E-state index contributed by atoms with van der Waals surface area (Å²) < 4.78 is 20.9. The third-order valence-corrected chi connectivity index (χ3v) is 4.10. The molecule has 7 nitrogen and oxygen atoms in total. The van der Waals surface area contributed by atoms with E-state index in [4.69, 9.17) is 4.74 Å². The summed E-state index contributed by atoms with van der Waals surface area (Å²) in [4.78, 5) is 18.4. The highest BCUT2D eigenvalue weighted by molar-refractivity contribution is 5.95. The second-order valence-electron chi connectivity index (χ2n) is 6.01. The molecular weight excluding hydrogens is 349 g/mol. The quantitative estimate of drug-likeness (QED) is 0.639. The molecule has 2 heterocycles. The molecule has 140 valence electrons. The van der Waals surface area contributed by atoms with Gasteiger partial charge in [-0.05, 0) is 24.3 Å². The fraction of sp³-hybridized carbons (Fsp3) is 0.263. The zero-order valence-electron chi connectivity index (χ0n) is 15.2. The van der Waals surface area contributed by atoms with E-state index >= 15 is 0 Å². The minimum atomic E-state index is -0.429. The number of aromatic nitrogens is 4. The number of amides is 1. The number of benzene rings is 1. The number of halogens is 1. The number of nitrogens with zero attached hydrogens (tertiary/aromatic N) is 5. The van der Waals surface area contributed by atoms with Crippen molar-refractivity contribution < 1.29 is 13.9 Å². The summed E-state index contributed by atoms with van der Waals surface area (Å²) >= 11 is 0. The van der Waals surface area contributed by atoms with E-state index in [9.17, 15) is 9.18 Å². The Hall–Kier alpha value is -3.13. The SMILES string of the molecule is COCCn1cnnc1CN(C)C(=O)c1cccc(-c2ncccc2F)c1. The lowest BCUT2D eigenvalue weighted by Crippen LogP contribution is -2.28. The molecule has 1 aromatic carbocycles. The van der Waals surface area contributed by atoms with Crippen molar-refractivity contribution in [2.45, 2.75) is 13.1 Å². The molecule has 0 radical (unpaired) electrons. The van der Waals surface area contributed by atoms with Crippen LogP contribution in [0.3, 0.4) is 0 Å². The molecule has 0 bridgehead atoms. The summed E-state index contributed by atoms with van der Waals surface area (Å²) in [5, 5.41) is 7.96. The number of carbonyl (C=O) groups is 1. The maximum absolute atomic E-state index is 14.0. The zero-order valence-corrected chi connectivity index (χ0v) is 15.2. The fourth-order valence-electron chi connectivity index (χ4n) is 2.68. The Morgan fingerprint density at radius 2 is 2.15 bits per heavy atom. The second kappa shape index (κ2) is 8.50. The van der Waals surface area contributed by atoms with E-state index in [0.29, 0.717) is 36.6 Å².